The van der Waals surface area contributed by atoms with Crippen LogP contribution in [-0.2, 0) is 6.54 Å². The van der Waals surface area contributed by atoms with Crippen molar-refractivity contribution in [2.75, 3.05) is 24.9 Å². The van der Waals surface area contributed by atoms with Gasteiger partial charge in [0.15, 0.2) is 17.3 Å². The molecule has 0 saturated carbocycles. The monoisotopic (exact) mass is 317 g/mol. The molecule has 2 rings (SSSR count). The fraction of sp³-hybridized carbons (Fsp3) is 0.438. The van der Waals surface area contributed by atoms with E-state index >= 15 is 0 Å². The summed E-state index contributed by atoms with van der Waals surface area (Å²) in [6.45, 7) is 6.74. The second-order valence-corrected chi connectivity index (χ2v) is 6.08. The summed E-state index contributed by atoms with van der Waals surface area (Å²) < 4.78 is 10.5. The van der Waals surface area contributed by atoms with Gasteiger partial charge in [0.05, 0.1) is 20.4 Å². The molecular formula is C16H23N5O2. The number of aromatic nitrogens is 3. The molecule has 0 fully saturated rings. The van der Waals surface area contributed by atoms with Crippen molar-refractivity contribution in [1.29, 1.82) is 0 Å². The quantitative estimate of drug-likeness (QED) is 0.847. The second-order valence-electron chi connectivity index (χ2n) is 6.08. The molecule has 0 aliphatic heterocycles. The first-order chi connectivity index (χ1) is 10.9. The summed E-state index contributed by atoms with van der Waals surface area (Å²) in [5, 5.41) is 14.4. The van der Waals surface area contributed by atoms with Gasteiger partial charge in [-0.3, -0.25) is 0 Å². The molecule has 0 unspecified atom stereocenters. The number of nitrogens with zero attached hydrogens (tertiary/aromatic N) is 3. The van der Waals surface area contributed by atoms with E-state index in [1.54, 1.807) is 20.4 Å². The van der Waals surface area contributed by atoms with E-state index in [1.807, 2.05) is 18.2 Å². The highest BCUT2D eigenvalue weighted by atomic mass is 16.5. The molecule has 0 aliphatic rings. The van der Waals surface area contributed by atoms with E-state index in [0.717, 1.165) is 5.56 Å². The Morgan fingerprint density at radius 2 is 1.83 bits per heavy atom. The van der Waals surface area contributed by atoms with Crippen LogP contribution in [0.4, 0.5) is 11.8 Å². The van der Waals surface area contributed by atoms with Gasteiger partial charge in [0.1, 0.15) is 0 Å². The number of hydrogen-bond acceptors (Lipinski definition) is 7. The summed E-state index contributed by atoms with van der Waals surface area (Å²) in [4.78, 5) is 4.40. The predicted octanol–water partition coefficient (Wildman–Crippen LogP) is 2.71. The Morgan fingerprint density at radius 1 is 1.09 bits per heavy atom. The minimum Gasteiger partial charge on any atom is -0.493 e. The molecule has 0 amide bonds. The lowest BCUT2D eigenvalue weighted by molar-refractivity contribution is 0.354. The molecule has 2 N–H and O–H groups in total. The van der Waals surface area contributed by atoms with Gasteiger partial charge in [0.2, 0.25) is 5.95 Å². The molecule has 124 valence electrons. The number of ether oxygens (including phenoxy) is 2. The van der Waals surface area contributed by atoms with Crippen LogP contribution in [0.5, 0.6) is 11.5 Å². The number of rotatable bonds is 6. The molecule has 1 heterocycles. The number of benzene rings is 1. The van der Waals surface area contributed by atoms with Crippen LogP contribution in [0, 0.1) is 0 Å². The van der Waals surface area contributed by atoms with Crippen molar-refractivity contribution in [2.45, 2.75) is 32.9 Å². The zero-order valence-electron chi connectivity index (χ0n) is 14.2. The molecule has 0 atom stereocenters. The standard InChI is InChI=1S/C16H23N5O2/c1-16(2,3)20-14-10-18-21-15(19-14)17-9-11-6-7-12(22-4)13(8-11)23-5/h6-8,10H,9H2,1-5H3,(H2,17,19,20,21). The average Bonchev–Trinajstić information content (AvgIpc) is 2.51. The van der Waals surface area contributed by atoms with Gasteiger partial charge in [0.25, 0.3) is 0 Å². The van der Waals surface area contributed by atoms with E-state index in [4.69, 9.17) is 9.47 Å². The summed E-state index contributed by atoms with van der Waals surface area (Å²) in [6.07, 6.45) is 1.60. The Hall–Kier alpha value is -2.57. The summed E-state index contributed by atoms with van der Waals surface area (Å²) in [7, 11) is 3.23. The molecular weight excluding hydrogens is 294 g/mol. The Bertz CT molecular complexity index is 655. The van der Waals surface area contributed by atoms with Gasteiger partial charge in [0, 0.05) is 12.1 Å². The van der Waals surface area contributed by atoms with Gasteiger partial charge in [-0.25, -0.2) is 0 Å². The highest BCUT2D eigenvalue weighted by molar-refractivity contribution is 5.44. The van der Waals surface area contributed by atoms with Crippen molar-refractivity contribution < 1.29 is 9.47 Å². The van der Waals surface area contributed by atoms with Crippen LogP contribution in [0.2, 0.25) is 0 Å². The third kappa shape index (κ3) is 4.98. The van der Waals surface area contributed by atoms with Crippen LogP contribution in [0.3, 0.4) is 0 Å². The van der Waals surface area contributed by atoms with Gasteiger partial charge in [-0.1, -0.05) is 6.07 Å². The van der Waals surface area contributed by atoms with Crippen LogP contribution in [-0.4, -0.2) is 34.9 Å². The molecule has 1 aromatic heterocycles. The van der Waals surface area contributed by atoms with Crippen LogP contribution in [0.1, 0.15) is 26.3 Å². The van der Waals surface area contributed by atoms with E-state index in [2.05, 4.69) is 46.6 Å². The minimum absolute atomic E-state index is 0.0867. The van der Waals surface area contributed by atoms with Gasteiger partial charge in [-0.15, -0.1) is 5.10 Å². The Morgan fingerprint density at radius 3 is 2.48 bits per heavy atom. The minimum atomic E-state index is -0.0867. The van der Waals surface area contributed by atoms with Crippen molar-refractivity contribution in [3.63, 3.8) is 0 Å². The van der Waals surface area contributed by atoms with E-state index in [1.165, 1.54) is 0 Å². The summed E-state index contributed by atoms with van der Waals surface area (Å²) in [6, 6.07) is 5.74. The maximum atomic E-state index is 5.30. The Labute approximate surface area is 136 Å². The maximum absolute atomic E-state index is 5.30. The largest absolute Gasteiger partial charge is 0.493 e. The summed E-state index contributed by atoms with van der Waals surface area (Å²) in [5.74, 6) is 2.54. The molecule has 2 aromatic rings. The maximum Gasteiger partial charge on any atom is 0.244 e. The number of anilines is 2. The first-order valence-electron chi connectivity index (χ1n) is 7.34. The first kappa shape index (κ1) is 16.8. The first-order valence-corrected chi connectivity index (χ1v) is 7.34. The van der Waals surface area contributed by atoms with Crippen molar-refractivity contribution in [1.82, 2.24) is 15.2 Å². The Kier molecular flexibility index (Phi) is 5.20. The molecule has 0 bridgehead atoms. The molecule has 0 saturated heterocycles. The second kappa shape index (κ2) is 7.13. The van der Waals surface area contributed by atoms with Gasteiger partial charge < -0.3 is 20.1 Å². The number of nitrogens with one attached hydrogen (secondary N) is 2. The fourth-order valence-electron chi connectivity index (χ4n) is 1.99. The van der Waals surface area contributed by atoms with Crippen molar-refractivity contribution in [3.05, 3.63) is 30.0 Å². The van der Waals surface area contributed by atoms with Crippen LogP contribution >= 0.6 is 0 Å². The van der Waals surface area contributed by atoms with Crippen LogP contribution in [0.15, 0.2) is 24.4 Å². The molecule has 23 heavy (non-hydrogen) atoms. The normalized spacial score (nSPS) is 11.0. The highest BCUT2D eigenvalue weighted by Gasteiger charge is 2.11. The third-order valence-corrected chi connectivity index (χ3v) is 2.96. The lowest BCUT2D eigenvalue weighted by Gasteiger charge is -2.20. The van der Waals surface area contributed by atoms with Gasteiger partial charge >= 0.3 is 0 Å². The molecule has 7 nitrogen and oxygen atoms in total. The zero-order chi connectivity index (χ0) is 16.9. The molecule has 0 aliphatic carbocycles. The summed E-state index contributed by atoms with van der Waals surface area (Å²) >= 11 is 0. The molecule has 1 aromatic carbocycles. The number of hydrogen-bond donors (Lipinski definition) is 2. The summed E-state index contributed by atoms with van der Waals surface area (Å²) in [5.41, 5.74) is 0.942. The lowest BCUT2D eigenvalue weighted by atomic mass is 10.1. The van der Waals surface area contributed by atoms with Crippen molar-refractivity contribution in [2.24, 2.45) is 0 Å². The van der Waals surface area contributed by atoms with Gasteiger partial charge in [-0.05, 0) is 38.5 Å². The van der Waals surface area contributed by atoms with Gasteiger partial charge in [-0.2, -0.15) is 10.1 Å². The van der Waals surface area contributed by atoms with Crippen molar-refractivity contribution in [3.8, 4) is 11.5 Å². The fourth-order valence-corrected chi connectivity index (χ4v) is 1.99. The lowest BCUT2D eigenvalue weighted by Crippen LogP contribution is -2.27. The van der Waals surface area contributed by atoms with Crippen LogP contribution in [0.25, 0.3) is 0 Å². The third-order valence-electron chi connectivity index (χ3n) is 2.96. The molecule has 0 spiro atoms. The topological polar surface area (TPSA) is 81.2 Å². The Balaban J connectivity index is 2.05. The van der Waals surface area contributed by atoms with Crippen molar-refractivity contribution >= 4 is 11.8 Å². The smallest absolute Gasteiger partial charge is 0.244 e. The zero-order valence-corrected chi connectivity index (χ0v) is 14.2. The highest BCUT2D eigenvalue weighted by Crippen LogP contribution is 2.27. The SMILES string of the molecule is COc1ccc(CNc2nncc(NC(C)(C)C)n2)cc1OC. The number of methoxy groups -OCH3 is 2. The van der Waals surface area contributed by atoms with E-state index < -0.39 is 0 Å². The van der Waals surface area contributed by atoms with E-state index in [-0.39, 0.29) is 5.54 Å². The molecule has 0 radical (unpaired) electrons. The average molecular weight is 317 g/mol. The van der Waals surface area contributed by atoms with E-state index in [9.17, 15) is 0 Å². The van der Waals surface area contributed by atoms with Crippen LogP contribution < -0.4 is 20.1 Å². The van der Waals surface area contributed by atoms with E-state index in [0.29, 0.717) is 29.8 Å². The molecule has 7 heteroatoms. The predicted molar refractivity (Wildman–Crippen MR) is 90.1 cm³/mol.